The van der Waals surface area contributed by atoms with E-state index < -0.39 is 5.38 Å². The third-order valence-electron chi connectivity index (χ3n) is 3.14. The van der Waals surface area contributed by atoms with Gasteiger partial charge < -0.3 is 9.97 Å². The van der Waals surface area contributed by atoms with Gasteiger partial charge in [-0.1, -0.05) is 31.9 Å². The molecule has 1 atom stereocenters. The Morgan fingerprint density at radius 2 is 1.62 bits per heavy atom. The van der Waals surface area contributed by atoms with Crippen molar-refractivity contribution in [2.45, 2.75) is 5.38 Å². The number of fused-ring (bicyclic) bond motifs is 1. The molecule has 0 aliphatic rings. The molecule has 108 valence electrons. The average molecular weight is 434 g/mol. The van der Waals surface area contributed by atoms with Crippen molar-refractivity contribution in [3.8, 4) is 0 Å². The molecule has 2 N–H and O–H groups in total. The first kappa shape index (κ1) is 14.8. The van der Waals surface area contributed by atoms with Gasteiger partial charge in [-0.05, 0) is 41.5 Å². The van der Waals surface area contributed by atoms with Crippen LogP contribution in [0.5, 0.6) is 0 Å². The minimum Gasteiger partial charge on any atom is -0.306 e. The Kier molecular flexibility index (Phi) is 3.94. The molecule has 0 saturated heterocycles. The van der Waals surface area contributed by atoms with Crippen LogP contribution in [0.1, 0.15) is 16.5 Å². The van der Waals surface area contributed by atoms with Crippen LogP contribution in [0.4, 0.5) is 4.39 Å². The van der Waals surface area contributed by atoms with Crippen LogP contribution in [0.15, 0.2) is 44.1 Å². The van der Waals surface area contributed by atoms with E-state index in [2.05, 4.69) is 41.8 Å². The first-order chi connectivity index (χ1) is 9.95. The molecule has 21 heavy (non-hydrogen) atoms. The van der Waals surface area contributed by atoms with Crippen LogP contribution >= 0.6 is 43.5 Å². The fourth-order valence-corrected chi connectivity index (χ4v) is 3.82. The minimum atomic E-state index is -0.563. The highest BCUT2D eigenvalue weighted by Gasteiger charge is 2.19. The summed E-state index contributed by atoms with van der Waals surface area (Å²) in [4.78, 5) is 16.7. The maximum Gasteiger partial charge on any atom is 0.323 e. The predicted octanol–water partition coefficient (Wildman–Crippen LogP) is 4.85. The fraction of sp³-hybridized carbons (Fsp3) is 0.0714. The highest BCUT2D eigenvalue weighted by atomic mass is 79.9. The van der Waals surface area contributed by atoms with Crippen molar-refractivity contribution in [2.75, 3.05) is 0 Å². The molecule has 1 unspecified atom stereocenters. The molecular weight excluding hydrogens is 426 g/mol. The molecule has 0 fully saturated rings. The molecule has 0 aliphatic heterocycles. The maximum atomic E-state index is 13.4. The summed E-state index contributed by atoms with van der Waals surface area (Å²) in [6.45, 7) is 0. The van der Waals surface area contributed by atoms with Gasteiger partial charge in [0.05, 0.1) is 16.4 Å². The van der Waals surface area contributed by atoms with Gasteiger partial charge in [0.2, 0.25) is 0 Å². The predicted molar refractivity (Wildman–Crippen MR) is 88.4 cm³/mol. The summed E-state index contributed by atoms with van der Waals surface area (Å²) in [7, 11) is 0. The highest BCUT2D eigenvalue weighted by Crippen LogP contribution is 2.38. The number of aromatic nitrogens is 2. The second-order valence-electron chi connectivity index (χ2n) is 4.53. The average Bonchev–Trinajstić information content (AvgIpc) is 2.79. The van der Waals surface area contributed by atoms with Gasteiger partial charge in [0, 0.05) is 8.95 Å². The number of aromatic amines is 2. The lowest BCUT2D eigenvalue weighted by atomic mass is 10.0. The first-order valence-corrected chi connectivity index (χ1v) is 7.98. The second kappa shape index (κ2) is 5.59. The fourth-order valence-electron chi connectivity index (χ4n) is 2.14. The Balaban J connectivity index is 2.16. The normalized spacial score (nSPS) is 12.8. The molecule has 7 heteroatoms. The van der Waals surface area contributed by atoms with E-state index in [1.54, 1.807) is 18.2 Å². The third kappa shape index (κ3) is 2.80. The topological polar surface area (TPSA) is 48.6 Å². The van der Waals surface area contributed by atoms with Gasteiger partial charge >= 0.3 is 5.69 Å². The number of hydrogen-bond donors (Lipinski definition) is 2. The summed E-state index contributed by atoms with van der Waals surface area (Å²) in [5, 5.41) is -0.563. The second-order valence-corrected chi connectivity index (χ2v) is 6.67. The first-order valence-electron chi connectivity index (χ1n) is 5.96. The summed E-state index contributed by atoms with van der Waals surface area (Å²) >= 11 is 13.3. The smallest absolute Gasteiger partial charge is 0.306 e. The largest absolute Gasteiger partial charge is 0.323 e. The number of H-pyrrole nitrogens is 2. The Labute approximate surface area is 140 Å². The van der Waals surface area contributed by atoms with Crippen molar-refractivity contribution in [3.05, 3.63) is 66.7 Å². The molecule has 3 rings (SSSR count). The van der Waals surface area contributed by atoms with Gasteiger partial charge in [-0.3, -0.25) is 0 Å². The SMILES string of the molecule is O=c1[nH]c2cc(Br)c(C(Cl)c3cc(F)ccc3Br)cc2[nH]1. The van der Waals surface area contributed by atoms with E-state index in [0.717, 1.165) is 14.5 Å². The summed E-state index contributed by atoms with van der Waals surface area (Å²) in [5.41, 5.74) is 2.40. The van der Waals surface area contributed by atoms with Crippen molar-refractivity contribution < 1.29 is 4.39 Å². The highest BCUT2D eigenvalue weighted by molar-refractivity contribution is 9.10. The third-order valence-corrected chi connectivity index (χ3v) is 5.02. The van der Waals surface area contributed by atoms with Crippen LogP contribution < -0.4 is 5.69 Å². The monoisotopic (exact) mass is 432 g/mol. The van der Waals surface area contributed by atoms with Gasteiger partial charge in [0.1, 0.15) is 5.82 Å². The number of alkyl halides is 1. The van der Waals surface area contributed by atoms with Crippen LogP contribution in [0.25, 0.3) is 11.0 Å². The van der Waals surface area contributed by atoms with Gasteiger partial charge in [0.25, 0.3) is 0 Å². The Morgan fingerprint density at radius 1 is 1.00 bits per heavy atom. The van der Waals surface area contributed by atoms with E-state index in [-0.39, 0.29) is 11.5 Å². The summed E-state index contributed by atoms with van der Waals surface area (Å²) in [5.74, 6) is -0.355. The van der Waals surface area contributed by atoms with Crippen LogP contribution in [-0.2, 0) is 0 Å². The standard InChI is InChI=1S/C14H8Br2ClFN2O/c15-9-2-1-6(18)3-7(9)13(17)8-4-11-12(5-10(8)16)20-14(21)19-11/h1-5,13H,(H2,19,20,21). The number of hydrogen-bond acceptors (Lipinski definition) is 1. The van der Waals surface area contributed by atoms with E-state index in [1.165, 1.54) is 12.1 Å². The molecule has 3 nitrogen and oxygen atoms in total. The van der Waals surface area contributed by atoms with Crippen molar-refractivity contribution >= 4 is 54.5 Å². The zero-order valence-corrected chi connectivity index (χ0v) is 14.3. The number of benzene rings is 2. The summed E-state index contributed by atoms with van der Waals surface area (Å²) < 4.78 is 14.9. The molecule has 0 spiro atoms. The number of halogens is 4. The van der Waals surface area contributed by atoms with Gasteiger partial charge in [-0.2, -0.15) is 0 Å². The molecular formula is C14H8Br2ClFN2O. The van der Waals surface area contributed by atoms with Crippen molar-refractivity contribution in [2.24, 2.45) is 0 Å². The maximum absolute atomic E-state index is 13.4. The minimum absolute atomic E-state index is 0.285. The van der Waals surface area contributed by atoms with Gasteiger partial charge in [-0.25, -0.2) is 9.18 Å². The Morgan fingerprint density at radius 3 is 2.33 bits per heavy atom. The van der Waals surface area contributed by atoms with Crippen LogP contribution in [0.3, 0.4) is 0 Å². The molecule has 2 aromatic carbocycles. The van der Waals surface area contributed by atoms with Crippen molar-refractivity contribution in [3.63, 3.8) is 0 Å². The van der Waals surface area contributed by atoms with Gasteiger partial charge in [-0.15, -0.1) is 11.6 Å². The van der Waals surface area contributed by atoms with Gasteiger partial charge in [0.15, 0.2) is 0 Å². The van der Waals surface area contributed by atoms with Crippen molar-refractivity contribution in [1.29, 1.82) is 0 Å². The lowest BCUT2D eigenvalue weighted by molar-refractivity contribution is 0.625. The molecule has 1 aromatic heterocycles. The van der Waals surface area contributed by atoms with E-state index in [1.807, 2.05) is 0 Å². The number of imidazole rings is 1. The Bertz CT molecular complexity index is 890. The van der Waals surface area contributed by atoms with Crippen molar-refractivity contribution in [1.82, 2.24) is 9.97 Å². The molecule has 0 saturated carbocycles. The quantitative estimate of drug-likeness (QED) is 0.557. The van der Waals surface area contributed by atoms with Crippen LogP contribution in [0.2, 0.25) is 0 Å². The van der Waals surface area contributed by atoms with E-state index in [0.29, 0.717) is 16.6 Å². The molecule has 1 heterocycles. The van der Waals surface area contributed by atoms with E-state index >= 15 is 0 Å². The van der Waals surface area contributed by atoms with Crippen LogP contribution in [-0.4, -0.2) is 9.97 Å². The number of nitrogens with one attached hydrogen (secondary N) is 2. The summed E-state index contributed by atoms with van der Waals surface area (Å²) in [6, 6.07) is 7.90. The zero-order chi connectivity index (χ0) is 15.1. The lowest BCUT2D eigenvalue weighted by Gasteiger charge is -2.14. The van der Waals surface area contributed by atoms with E-state index in [9.17, 15) is 9.18 Å². The molecule has 3 aromatic rings. The molecule has 0 radical (unpaired) electrons. The molecule has 0 amide bonds. The van der Waals surface area contributed by atoms with E-state index in [4.69, 9.17) is 11.6 Å². The number of rotatable bonds is 2. The zero-order valence-electron chi connectivity index (χ0n) is 10.4. The lowest BCUT2D eigenvalue weighted by Crippen LogP contribution is -1.99. The summed E-state index contributed by atoms with van der Waals surface area (Å²) in [6.07, 6.45) is 0. The Hall–Kier alpha value is -1.11. The molecule has 0 bridgehead atoms. The van der Waals surface area contributed by atoms with Crippen LogP contribution in [0, 0.1) is 5.82 Å². The molecule has 0 aliphatic carbocycles.